The lowest BCUT2D eigenvalue weighted by Gasteiger charge is -2.41. The molecule has 2 aliphatic heterocycles. The second-order valence-corrected chi connectivity index (χ2v) is 12.0. The molecular formula is C31H31Cl2N7O3. The van der Waals surface area contributed by atoms with Crippen LogP contribution in [0.5, 0.6) is 5.75 Å². The van der Waals surface area contributed by atoms with Gasteiger partial charge >= 0.3 is 5.69 Å². The average molecular weight is 621 g/mol. The van der Waals surface area contributed by atoms with Gasteiger partial charge in [0.05, 0.1) is 49.8 Å². The second-order valence-electron chi connectivity index (χ2n) is 11.2. The molecule has 0 saturated carbocycles. The number of anilines is 2. The lowest BCUT2D eigenvalue weighted by atomic mass is 10.0. The van der Waals surface area contributed by atoms with E-state index in [1.807, 2.05) is 38.8 Å². The number of fused-ring (bicyclic) bond motifs is 2. The third-order valence-electron chi connectivity index (χ3n) is 8.18. The number of halogens is 2. The van der Waals surface area contributed by atoms with E-state index in [-0.39, 0.29) is 44.9 Å². The Morgan fingerprint density at radius 1 is 1.14 bits per heavy atom. The van der Waals surface area contributed by atoms with Gasteiger partial charge in [-0.25, -0.2) is 14.3 Å². The van der Waals surface area contributed by atoms with E-state index in [2.05, 4.69) is 21.4 Å². The summed E-state index contributed by atoms with van der Waals surface area (Å²) in [5.74, 6) is 0.197. The number of likely N-dealkylation sites (N-methyl/N-ethyl adjacent to an activating group) is 1. The molecule has 10 nitrogen and oxygen atoms in total. The minimum Gasteiger partial charge on any atom is -0.507 e. The van der Waals surface area contributed by atoms with Gasteiger partial charge in [0, 0.05) is 39.4 Å². The van der Waals surface area contributed by atoms with E-state index in [4.69, 9.17) is 28.2 Å². The first kappa shape index (κ1) is 28.9. The summed E-state index contributed by atoms with van der Waals surface area (Å²) in [6.07, 6.45) is 3.04. The number of phenols is 1. The van der Waals surface area contributed by atoms with Gasteiger partial charge < -0.3 is 19.8 Å². The highest BCUT2D eigenvalue weighted by Gasteiger charge is 2.38. The molecule has 1 unspecified atom stereocenters. The van der Waals surface area contributed by atoms with Gasteiger partial charge in [-0.3, -0.25) is 9.78 Å². The topological polar surface area (TPSA) is 108 Å². The zero-order valence-corrected chi connectivity index (χ0v) is 25.8. The highest BCUT2D eigenvalue weighted by molar-refractivity contribution is 6.39. The van der Waals surface area contributed by atoms with Crippen molar-refractivity contribution in [3.8, 4) is 22.7 Å². The summed E-state index contributed by atoms with van der Waals surface area (Å²) in [5.41, 5.74) is 3.03. The molecule has 0 spiro atoms. The molecule has 0 radical (unpaired) electrons. The minimum absolute atomic E-state index is 0.00593. The molecule has 1 saturated heterocycles. The Hall–Kier alpha value is -4.15. The molecular weight excluding hydrogens is 589 g/mol. The fourth-order valence-corrected chi connectivity index (χ4v) is 6.82. The third kappa shape index (κ3) is 4.60. The van der Waals surface area contributed by atoms with Crippen LogP contribution in [0, 0.1) is 6.92 Å². The van der Waals surface area contributed by atoms with Gasteiger partial charge in [0.15, 0.2) is 5.65 Å². The maximum Gasteiger partial charge on any atom is 0.355 e. The maximum absolute atomic E-state index is 14.2. The number of aromatic nitrogens is 4. The fourth-order valence-electron chi connectivity index (χ4n) is 6.19. The minimum atomic E-state index is -0.525. The van der Waals surface area contributed by atoms with Crippen LogP contribution in [-0.4, -0.2) is 74.7 Å². The quantitative estimate of drug-likeness (QED) is 0.320. The van der Waals surface area contributed by atoms with Gasteiger partial charge in [0.1, 0.15) is 11.6 Å². The Balaban J connectivity index is 1.75. The lowest BCUT2D eigenvalue weighted by molar-refractivity contribution is -0.126. The van der Waals surface area contributed by atoms with Gasteiger partial charge in [-0.2, -0.15) is 4.98 Å². The maximum atomic E-state index is 14.2. The van der Waals surface area contributed by atoms with Crippen molar-refractivity contribution in [3.05, 3.63) is 74.9 Å². The summed E-state index contributed by atoms with van der Waals surface area (Å²) in [6, 6.07) is 6.46. The average Bonchev–Trinajstić information content (AvgIpc) is 3.08. The van der Waals surface area contributed by atoms with E-state index in [0.717, 1.165) is 11.3 Å². The summed E-state index contributed by atoms with van der Waals surface area (Å²) < 4.78 is 1.50. The van der Waals surface area contributed by atoms with Gasteiger partial charge in [-0.15, -0.1) is 0 Å². The third-order valence-corrected chi connectivity index (χ3v) is 8.86. The van der Waals surface area contributed by atoms with E-state index in [1.54, 1.807) is 23.2 Å². The number of hydrogen-bond acceptors (Lipinski definition) is 8. The highest BCUT2D eigenvalue weighted by Crippen LogP contribution is 2.48. The first-order valence-corrected chi connectivity index (χ1v) is 14.8. The van der Waals surface area contributed by atoms with Crippen molar-refractivity contribution in [1.82, 2.24) is 24.4 Å². The zero-order chi connectivity index (χ0) is 30.7. The van der Waals surface area contributed by atoms with E-state index in [1.165, 1.54) is 16.7 Å². The molecule has 222 valence electrons. The molecule has 3 aromatic heterocycles. The van der Waals surface area contributed by atoms with Crippen LogP contribution in [0.15, 0.2) is 47.9 Å². The fraction of sp³-hybridized carbons (Fsp3) is 0.323. The van der Waals surface area contributed by atoms with Crippen LogP contribution in [0.3, 0.4) is 0 Å². The standard InChI is InChI=1S/C31H31Cl2N7O3/c1-6-21(42)38-12-13-39-18(15-38)14-37(5)28-23-29(39)36-31(43)40(27-17(4)10-11-34-25(27)16(2)3)30(23)35-26(24(28)33)22-19(32)8-7-9-20(22)41/h6-11,16,18,41H,1,12-15H2,2-5H3. The van der Waals surface area contributed by atoms with Crippen LogP contribution in [0.25, 0.3) is 28.0 Å². The van der Waals surface area contributed by atoms with E-state index in [9.17, 15) is 14.7 Å². The van der Waals surface area contributed by atoms with Crippen LogP contribution < -0.4 is 15.5 Å². The normalized spacial score (nSPS) is 16.4. The van der Waals surface area contributed by atoms with Crippen molar-refractivity contribution in [2.75, 3.05) is 43.0 Å². The Kier molecular flexibility index (Phi) is 7.30. The number of rotatable bonds is 4. The second kappa shape index (κ2) is 10.8. The predicted molar refractivity (Wildman–Crippen MR) is 170 cm³/mol. The first-order chi connectivity index (χ1) is 20.5. The van der Waals surface area contributed by atoms with Gasteiger partial charge in [0.25, 0.3) is 0 Å². The number of benzene rings is 1. The van der Waals surface area contributed by atoms with Crippen molar-refractivity contribution >= 4 is 51.6 Å². The SMILES string of the molecule is C=CC(=O)N1CCN2c3nc(=O)n(-c4c(C)ccnc4C(C)C)c4nc(-c5c(O)cccc5Cl)c(Cl)c(c34)N(C)CC2C1. The molecule has 0 aliphatic carbocycles. The summed E-state index contributed by atoms with van der Waals surface area (Å²) in [7, 11) is 1.91. The molecule has 0 bridgehead atoms. The van der Waals surface area contributed by atoms with Crippen LogP contribution >= 0.6 is 23.2 Å². The van der Waals surface area contributed by atoms with Crippen LogP contribution in [-0.2, 0) is 4.79 Å². The Labute approximate surface area is 258 Å². The first-order valence-electron chi connectivity index (χ1n) is 14.0. The number of phenolic OH excluding ortho intramolecular Hbond substituents is 1. The molecule has 1 amide bonds. The monoisotopic (exact) mass is 619 g/mol. The van der Waals surface area contributed by atoms with Crippen LogP contribution in [0.1, 0.15) is 31.0 Å². The zero-order valence-electron chi connectivity index (χ0n) is 24.3. The molecule has 1 aromatic carbocycles. The largest absolute Gasteiger partial charge is 0.507 e. The van der Waals surface area contributed by atoms with Gasteiger partial charge in [-0.05, 0) is 42.7 Å². The van der Waals surface area contributed by atoms with Gasteiger partial charge in [-0.1, -0.05) is 49.7 Å². The number of carbonyl (C=O) groups excluding carboxylic acids is 1. The number of aryl methyl sites for hydroxylation is 1. The summed E-state index contributed by atoms with van der Waals surface area (Å²) in [4.78, 5) is 46.9. The number of nitrogens with zero attached hydrogens (tertiary/aromatic N) is 7. The summed E-state index contributed by atoms with van der Waals surface area (Å²) in [6.45, 7) is 11.4. The van der Waals surface area contributed by atoms with E-state index in [0.29, 0.717) is 54.4 Å². The Morgan fingerprint density at radius 3 is 2.60 bits per heavy atom. The van der Waals surface area contributed by atoms with Crippen LogP contribution in [0.4, 0.5) is 11.5 Å². The van der Waals surface area contributed by atoms with E-state index >= 15 is 0 Å². The van der Waals surface area contributed by atoms with Crippen LogP contribution in [0.2, 0.25) is 10.0 Å². The molecule has 43 heavy (non-hydrogen) atoms. The predicted octanol–water partition coefficient (Wildman–Crippen LogP) is 4.94. The number of pyridine rings is 2. The smallest absolute Gasteiger partial charge is 0.355 e. The number of carbonyl (C=O) groups is 1. The molecule has 12 heteroatoms. The number of hydrogen-bond donors (Lipinski definition) is 1. The van der Waals surface area contributed by atoms with Crippen molar-refractivity contribution < 1.29 is 9.90 Å². The number of aromatic hydroxyl groups is 1. The number of amides is 1. The van der Waals surface area contributed by atoms with Crippen molar-refractivity contribution in [1.29, 1.82) is 0 Å². The molecule has 5 heterocycles. The molecule has 4 aromatic rings. The lowest BCUT2D eigenvalue weighted by Crippen LogP contribution is -2.57. The van der Waals surface area contributed by atoms with Crippen molar-refractivity contribution in [2.45, 2.75) is 32.7 Å². The Bertz CT molecular complexity index is 1850. The summed E-state index contributed by atoms with van der Waals surface area (Å²) >= 11 is 13.8. The van der Waals surface area contributed by atoms with Crippen molar-refractivity contribution in [3.63, 3.8) is 0 Å². The van der Waals surface area contributed by atoms with Gasteiger partial charge in [0.2, 0.25) is 5.91 Å². The molecule has 1 atom stereocenters. The molecule has 1 N–H and O–H groups in total. The number of piperazine rings is 1. The molecule has 6 rings (SSSR count). The molecule has 2 aliphatic rings. The van der Waals surface area contributed by atoms with E-state index < -0.39 is 5.69 Å². The highest BCUT2D eigenvalue weighted by atomic mass is 35.5. The Morgan fingerprint density at radius 2 is 1.91 bits per heavy atom. The van der Waals surface area contributed by atoms with Crippen molar-refractivity contribution in [2.24, 2.45) is 0 Å². The molecule has 1 fully saturated rings. The summed E-state index contributed by atoms with van der Waals surface area (Å²) in [5, 5.41) is 12.0.